The van der Waals surface area contributed by atoms with Gasteiger partial charge in [-0.25, -0.2) is 9.97 Å². The van der Waals surface area contributed by atoms with Gasteiger partial charge in [0.2, 0.25) is 0 Å². The molecule has 0 atom stereocenters. The first-order valence-electron chi connectivity index (χ1n) is 5.01. The highest BCUT2D eigenvalue weighted by molar-refractivity contribution is 7.13. The Labute approximate surface area is 111 Å². The summed E-state index contributed by atoms with van der Waals surface area (Å²) in [5, 5.41) is 11.4. The minimum atomic E-state index is -0.291. The number of nitrogens with zero attached hydrogens (tertiary/aromatic N) is 3. The number of thiazole rings is 2. The lowest BCUT2D eigenvalue weighted by Gasteiger charge is -2.00. The third kappa shape index (κ3) is 3.60. The molecule has 0 aliphatic rings. The van der Waals surface area contributed by atoms with Gasteiger partial charge in [-0.3, -0.25) is 10.1 Å². The van der Waals surface area contributed by atoms with E-state index < -0.39 is 0 Å². The number of nitrogens with one attached hydrogen (secondary N) is 1. The zero-order chi connectivity index (χ0) is 12.8. The quantitative estimate of drug-likeness (QED) is 0.672. The summed E-state index contributed by atoms with van der Waals surface area (Å²) >= 11 is 2.81. The maximum absolute atomic E-state index is 11.4. The van der Waals surface area contributed by atoms with Crippen LogP contribution >= 0.6 is 22.7 Å². The normalized spacial score (nSPS) is 11.3. The molecule has 0 saturated carbocycles. The number of carbonyl (C=O) groups excluding carboxylic acids is 1. The van der Waals surface area contributed by atoms with Gasteiger partial charge < -0.3 is 4.84 Å². The molecule has 2 aromatic heterocycles. The van der Waals surface area contributed by atoms with Crippen LogP contribution in [0, 0.1) is 0 Å². The van der Waals surface area contributed by atoms with Crippen LogP contribution in [0.3, 0.4) is 0 Å². The average Bonchev–Trinajstić information content (AvgIpc) is 3.00. The fraction of sp³-hybridized carbons (Fsp3) is 0.200. The molecule has 0 unspecified atom stereocenters. The van der Waals surface area contributed by atoms with Gasteiger partial charge in [0.15, 0.2) is 11.7 Å². The van der Waals surface area contributed by atoms with Crippen molar-refractivity contribution in [2.75, 3.05) is 11.9 Å². The van der Waals surface area contributed by atoms with Crippen molar-refractivity contribution in [2.24, 2.45) is 5.16 Å². The van der Waals surface area contributed by atoms with Crippen LogP contribution in [-0.4, -0.2) is 28.2 Å². The van der Waals surface area contributed by atoms with E-state index in [2.05, 4.69) is 20.4 Å². The predicted octanol–water partition coefficient (Wildman–Crippen LogP) is 1.98. The Morgan fingerprint density at radius 3 is 2.83 bits per heavy atom. The molecule has 0 bridgehead atoms. The molecule has 1 amide bonds. The third-order valence-electron chi connectivity index (χ3n) is 1.82. The molecule has 2 rings (SSSR count). The van der Waals surface area contributed by atoms with Crippen LogP contribution in [0.2, 0.25) is 0 Å². The number of amides is 1. The van der Waals surface area contributed by atoms with E-state index in [0.29, 0.717) is 10.8 Å². The Balaban J connectivity index is 1.78. The van der Waals surface area contributed by atoms with Gasteiger partial charge in [0, 0.05) is 23.2 Å². The molecule has 0 saturated heterocycles. The van der Waals surface area contributed by atoms with E-state index in [1.165, 1.54) is 22.7 Å². The monoisotopic (exact) mass is 282 g/mol. The van der Waals surface area contributed by atoms with Crippen LogP contribution in [0.15, 0.2) is 28.3 Å². The third-order valence-corrected chi connectivity index (χ3v) is 3.39. The van der Waals surface area contributed by atoms with Crippen LogP contribution in [0.25, 0.3) is 0 Å². The first kappa shape index (κ1) is 12.7. The smallest absolute Gasteiger partial charge is 0.266 e. The average molecular weight is 282 g/mol. The predicted molar refractivity (Wildman–Crippen MR) is 71.0 cm³/mol. The van der Waals surface area contributed by atoms with Crippen molar-refractivity contribution in [3.8, 4) is 0 Å². The highest BCUT2D eigenvalue weighted by atomic mass is 32.1. The number of hydrogen-bond acceptors (Lipinski definition) is 7. The van der Waals surface area contributed by atoms with Crippen LogP contribution in [0.1, 0.15) is 11.9 Å². The molecule has 18 heavy (non-hydrogen) atoms. The Morgan fingerprint density at radius 1 is 1.39 bits per heavy atom. The van der Waals surface area contributed by atoms with Crippen molar-refractivity contribution >= 4 is 39.4 Å². The number of oxime groups is 1. The molecule has 0 spiro atoms. The number of carbonyl (C=O) groups is 1. The Morgan fingerprint density at radius 2 is 2.17 bits per heavy atom. The van der Waals surface area contributed by atoms with E-state index in [1.54, 1.807) is 24.7 Å². The molecular weight excluding hydrogens is 272 g/mol. The Bertz CT molecular complexity index is 522. The number of anilines is 1. The SMILES string of the molecule is CC(=NOCC(=O)Nc1nccs1)c1nccs1. The molecule has 0 aromatic carbocycles. The first-order chi connectivity index (χ1) is 8.75. The van der Waals surface area contributed by atoms with Gasteiger partial charge in [0.05, 0.1) is 0 Å². The number of hydrogen-bond donors (Lipinski definition) is 1. The van der Waals surface area contributed by atoms with Crippen molar-refractivity contribution in [2.45, 2.75) is 6.92 Å². The fourth-order valence-corrected chi connectivity index (χ4v) is 2.19. The highest BCUT2D eigenvalue weighted by Gasteiger charge is 2.05. The maximum atomic E-state index is 11.4. The van der Waals surface area contributed by atoms with E-state index in [9.17, 15) is 4.79 Å². The van der Waals surface area contributed by atoms with Crippen LogP contribution < -0.4 is 5.32 Å². The standard InChI is InChI=1S/C10H10N4O2S2/c1-7(9-11-2-4-17-9)14-16-6-8(15)13-10-12-3-5-18-10/h2-5H,6H2,1H3,(H,12,13,15). The van der Waals surface area contributed by atoms with Crippen LogP contribution in [0.5, 0.6) is 0 Å². The summed E-state index contributed by atoms with van der Waals surface area (Å²) in [5.41, 5.74) is 0.645. The highest BCUT2D eigenvalue weighted by Crippen LogP contribution is 2.10. The van der Waals surface area contributed by atoms with E-state index in [0.717, 1.165) is 5.01 Å². The Hall–Kier alpha value is -1.80. The van der Waals surface area contributed by atoms with Crippen LogP contribution in [-0.2, 0) is 9.63 Å². The first-order valence-corrected chi connectivity index (χ1v) is 6.77. The molecule has 2 heterocycles. The zero-order valence-corrected chi connectivity index (χ0v) is 11.1. The van der Waals surface area contributed by atoms with Crippen molar-refractivity contribution < 1.29 is 9.63 Å². The molecule has 1 N–H and O–H groups in total. The van der Waals surface area contributed by atoms with Gasteiger partial charge in [-0.15, -0.1) is 22.7 Å². The summed E-state index contributed by atoms with van der Waals surface area (Å²) < 4.78 is 0. The molecule has 0 radical (unpaired) electrons. The van der Waals surface area contributed by atoms with Crippen LogP contribution in [0.4, 0.5) is 5.13 Å². The number of aromatic nitrogens is 2. The summed E-state index contributed by atoms with van der Waals surface area (Å²) in [4.78, 5) is 24.4. The molecule has 0 aliphatic heterocycles. The zero-order valence-electron chi connectivity index (χ0n) is 9.49. The molecule has 0 fully saturated rings. The van der Waals surface area contributed by atoms with Gasteiger partial charge >= 0.3 is 0 Å². The summed E-state index contributed by atoms with van der Waals surface area (Å²) in [6, 6.07) is 0. The second kappa shape index (κ2) is 6.22. The molecule has 94 valence electrons. The summed E-state index contributed by atoms with van der Waals surface area (Å²) in [5.74, 6) is -0.291. The summed E-state index contributed by atoms with van der Waals surface area (Å²) in [7, 11) is 0. The second-order valence-electron chi connectivity index (χ2n) is 3.17. The van der Waals surface area contributed by atoms with Crippen molar-refractivity contribution in [3.05, 3.63) is 28.2 Å². The maximum Gasteiger partial charge on any atom is 0.266 e. The lowest BCUT2D eigenvalue weighted by Crippen LogP contribution is -2.17. The number of rotatable bonds is 5. The minimum Gasteiger partial charge on any atom is -0.385 e. The van der Waals surface area contributed by atoms with E-state index in [-0.39, 0.29) is 12.5 Å². The Kier molecular flexibility index (Phi) is 4.37. The van der Waals surface area contributed by atoms with Gasteiger partial charge in [0.1, 0.15) is 10.7 Å². The second-order valence-corrected chi connectivity index (χ2v) is 4.96. The van der Waals surface area contributed by atoms with E-state index in [1.807, 2.05) is 5.38 Å². The lowest BCUT2D eigenvalue weighted by molar-refractivity contribution is -0.120. The van der Waals surface area contributed by atoms with E-state index in [4.69, 9.17) is 4.84 Å². The molecular formula is C10H10N4O2S2. The lowest BCUT2D eigenvalue weighted by atomic mass is 10.5. The van der Waals surface area contributed by atoms with Crippen molar-refractivity contribution in [1.82, 2.24) is 9.97 Å². The molecule has 0 aliphatic carbocycles. The van der Waals surface area contributed by atoms with E-state index >= 15 is 0 Å². The van der Waals surface area contributed by atoms with Crippen molar-refractivity contribution in [3.63, 3.8) is 0 Å². The molecule has 8 heteroatoms. The van der Waals surface area contributed by atoms with Crippen molar-refractivity contribution in [1.29, 1.82) is 0 Å². The van der Waals surface area contributed by atoms with Gasteiger partial charge in [0.25, 0.3) is 5.91 Å². The van der Waals surface area contributed by atoms with Gasteiger partial charge in [-0.2, -0.15) is 0 Å². The topological polar surface area (TPSA) is 76.5 Å². The summed E-state index contributed by atoms with van der Waals surface area (Å²) in [6.07, 6.45) is 3.31. The van der Waals surface area contributed by atoms with Gasteiger partial charge in [-0.05, 0) is 6.92 Å². The fourth-order valence-electron chi connectivity index (χ4n) is 1.07. The summed E-state index contributed by atoms with van der Waals surface area (Å²) in [6.45, 7) is 1.62. The largest absolute Gasteiger partial charge is 0.385 e. The minimum absolute atomic E-state index is 0.151. The molecule has 2 aromatic rings. The van der Waals surface area contributed by atoms with Gasteiger partial charge in [-0.1, -0.05) is 5.16 Å². The molecule has 6 nitrogen and oxygen atoms in total.